The predicted octanol–water partition coefficient (Wildman–Crippen LogP) is 1.65. The number of anilines is 2. The standard InChI is InChI=1S/C18H30N4O4S.ClH/c1-4-22(5-2)27(24,25)14-8-9-17(21-10-6-7-11-21)16(12-14)20-18(23)15(19)13-26-3;/h8-9,12,15H,4-7,10-11,13,19H2,1-3H3,(H,20,23);1H. The number of amides is 1. The second kappa shape index (κ2) is 11.0. The lowest BCUT2D eigenvalue weighted by atomic mass is 10.2. The lowest BCUT2D eigenvalue weighted by Gasteiger charge is -2.24. The summed E-state index contributed by atoms with van der Waals surface area (Å²) in [6.45, 7) is 6.19. The Morgan fingerprint density at radius 1 is 1.29 bits per heavy atom. The Morgan fingerprint density at radius 2 is 1.89 bits per heavy atom. The molecule has 1 atom stereocenters. The number of sulfonamides is 1. The van der Waals surface area contributed by atoms with E-state index in [4.69, 9.17) is 10.5 Å². The Hall–Kier alpha value is -1.39. The largest absolute Gasteiger partial charge is 0.383 e. The molecular formula is C18H31ClN4O4S. The normalized spacial score (nSPS) is 15.4. The number of benzene rings is 1. The number of ether oxygens (including phenoxy) is 1. The van der Waals surface area contributed by atoms with Crippen LogP contribution in [0.5, 0.6) is 0 Å². The quantitative estimate of drug-likeness (QED) is 0.612. The molecule has 8 nitrogen and oxygen atoms in total. The zero-order valence-electron chi connectivity index (χ0n) is 16.7. The molecular weight excluding hydrogens is 404 g/mol. The second-order valence-electron chi connectivity index (χ2n) is 6.51. The highest BCUT2D eigenvalue weighted by atomic mass is 35.5. The van der Waals surface area contributed by atoms with E-state index in [-0.39, 0.29) is 23.9 Å². The van der Waals surface area contributed by atoms with E-state index in [1.807, 2.05) is 0 Å². The van der Waals surface area contributed by atoms with Crippen LogP contribution in [0, 0.1) is 0 Å². The van der Waals surface area contributed by atoms with Gasteiger partial charge in [0.1, 0.15) is 6.04 Å². The highest BCUT2D eigenvalue weighted by Gasteiger charge is 2.25. The number of rotatable bonds is 9. The minimum atomic E-state index is -3.62. The van der Waals surface area contributed by atoms with E-state index in [0.29, 0.717) is 18.8 Å². The summed E-state index contributed by atoms with van der Waals surface area (Å²) < 4.78 is 32.0. The summed E-state index contributed by atoms with van der Waals surface area (Å²) in [5.74, 6) is -0.408. The molecule has 160 valence electrons. The highest BCUT2D eigenvalue weighted by Crippen LogP contribution is 2.32. The van der Waals surface area contributed by atoms with E-state index in [1.165, 1.54) is 17.5 Å². The van der Waals surface area contributed by atoms with Crippen molar-refractivity contribution < 1.29 is 17.9 Å². The predicted molar refractivity (Wildman–Crippen MR) is 114 cm³/mol. The van der Waals surface area contributed by atoms with E-state index in [2.05, 4.69) is 10.2 Å². The SMILES string of the molecule is CCN(CC)S(=O)(=O)c1ccc(N2CCCC2)c(NC(=O)C(N)COC)c1.Cl. The molecule has 1 aromatic carbocycles. The van der Waals surface area contributed by atoms with Gasteiger partial charge in [0.05, 0.1) is 22.9 Å². The average Bonchev–Trinajstić information content (AvgIpc) is 3.17. The third kappa shape index (κ3) is 5.57. The first-order chi connectivity index (χ1) is 12.8. The lowest BCUT2D eigenvalue weighted by Crippen LogP contribution is -2.39. The van der Waals surface area contributed by atoms with Gasteiger partial charge < -0.3 is 20.7 Å². The number of carbonyl (C=O) groups is 1. The van der Waals surface area contributed by atoms with Crippen LogP contribution in [-0.4, -0.2) is 64.6 Å². The highest BCUT2D eigenvalue weighted by molar-refractivity contribution is 7.89. The van der Waals surface area contributed by atoms with E-state index >= 15 is 0 Å². The third-order valence-electron chi connectivity index (χ3n) is 4.70. The summed E-state index contributed by atoms with van der Waals surface area (Å²) >= 11 is 0. The molecule has 1 aliphatic heterocycles. The lowest BCUT2D eigenvalue weighted by molar-refractivity contribution is -0.118. The average molecular weight is 435 g/mol. The van der Waals surface area contributed by atoms with Gasteiger partial charge in [0.2, 0.25) is 15.9 Å². The van der Waals surface area contributed by atoms with Crippen LogP contribution < -0.4 is 16.0 Å². The van der Waals surface area contributed by atoms with Crippen molar-refractivity contribution in [3.8, 4) is 0 Å². The minimum Gasteiger partial charge on any atom is -0.383 e. The van der Waals surface area contributed by atoms with Gasteiger partial charge >= 0.3 is 0 Å². The molecule has 2 rings (SSSR count). The van der Waals surface area contributed by atoms with Crippen LogP contribution in [0.4, 0.5) is 11.4 Å². The van der Waals surface area contributed by atoms with Crippen LogP contribution in [0.2, 0.25) is 0 Å². The maximum atomic E-state index is 12.9. The molecule has 0 aromatic heterocycles. The smallest absolute Gasteiger partial charge is 0.243 e. The first-order valence-corrected chi connectivity index (χ1v) is 10.7. The van der Waals surface area contributed by atoms with Crippen molar-refractivity contribution in [2.45, 2.75) is 37.6 Å². The van der Waals surface area contributed by atoms with E-state index in [0.717, 1.165) is 31.6 Å². The molecule has 0 spiro atoms. The van der Waals surface area contributed by atoms with Gasteiger partial charge in [-0.1, -0.05) is 13.8 Å². The summed E-state index contributed by atoms with van der Waals surface area (Å²) in [5.41, 5.74) is 7.09. The molecule has 0 saturated carbocycles. The summed E-state index contributed by atoms with van der Waals surface area (Å²) in [7, 11) is -2.15. The number of methoxy groups -OCH3 is 1. The van der Waals surface area contributed by atoms with Crippen LogP contribution >= 0.6 is 12.4 Å². The molecule has 28 heavy (non-hydrogen) atoms. The van der Waals surface area contributed by atoms with Crippen LogP contribution in [0.15, 0.2) is 23.1 Å². The molecule has 1 fully saturated rings. The fourth-order valence-corrected chi connectivity index (χ4v) is 4.69. The fourth-order valence-electron chi connectivity index (χ4n) is 3.20. The van der Waals surface area contributed by atoms with Crippen LogP contribution in [-0.2, 0) is 19.6 Å². The van der Waals surface area contributed by atoms with Crippen LogP contribution in [0.1, 0.15) is 26.7 Å². The molecule has 0 aliphatic carbocycles. The third-order valence-corrected chi connectivity index (χ3v) is 6.74. The van der Waals surface area contributed by atoms with Gasteiger partial charge in [0.25, 0.3) is 0 Å². The zero-order chi connectivity index (χ0) is 20.0. The Morgan fingerprint density at radius 3 is 2.43 bits per heavy atom. The summed E-state index contributed by atoms with van der Waals surface area (Å²) in [6, 6.07) is 4.06. The molecule has 10 heteroatoms. The van der Waals surface area contributed by atoms with Gasteiger partial charge in [-0.15, -0.1) is 12.4 Å². The maximum absolute atomic E-state index is 12.9. The Bertz CT molecular complexity index is 750. The Labute approximate surface area is 173 Å². The number of nitrogens with zero attached hydrogens (tertiary/aromatic N) is 2. The van der Waals surface area contributed by atoms with E-state index in [1.54, 1.807) is 26.0 Å². The second-order valence-corrected chi connectivity index (χ2v) is 8.45. The van der Waals surface area contributed by atoms with Crippen molar-refractivity contribution in [3.05, 3.63) is 18.2 Å². The number of nitrogens with two attached hydrogens (primary N) is 1. The van der Waals surface area contributed by atoms with Crippen molar-refractivity contribution in [1.29, 1.82) is 0 Å². The summed E-state index contributed by atoms with van der Waals surface area (Å²) in [5, 5.41) is 2.79. The van der Waals surface area contributed by atoms with Crippen LogP contribution in [0.3, 0.4) is 0 Å². The van der Waals surface area contributed by atoms with Gasteiger partial charge in [-0.25, -0.2) is 8.42 Å². The van der Waals surface area contributed by atoms with Gasteiger partial charge in [0.15, 0.2) is 0 Å². The molecule has 0 bridgehead atoms. The maximum Gasteiger partial charge on any atom is 0.243 e. The number of hydrogen-bond acceptors (Lipinski definition) is 6. The molecule has 1 aromatic rings. The van der Waals surface area contributed by atoms with Gasteiger partial charge in [-0.05, 0) is 31.0 Å². The van der Waals surface area contributed by atoms with Crippen molar-refractivity contribution >= 4 is 39.7 Å². The van der Waals surface area contributed by atoms with Gasteiger partial charge in [-0.2, -0.15) is 4.31 Å². The fraction of sp³-hybridized carbons (Fsp3) is 0.611. The molecule has 1 unspecified atom stereocenters. The minimum absolute atomic E-state index is 0. The van der Waals surface area contributed by atoms with Gasteiger partial charge in [-0.3, -0.25) is 4.79 Å². The van der Waals surface area contributed by atoms with E-state index in [9.17, 15) is 13.2 Å². The summed E-state index contributed by atoms with van der Waals surface area (Å²) in [4.78, 5) is 14.7. The number of nitrogens with one attached hydrogen (secondary N) is 1. The molecule has 1 amide bonds. The molecule has 0 radical (unpaired) electrons. The monoisotopic (exact) mass is 434 g/mol. The summed E-state index contributed by atoms with van der Waals surface area (Å²) in [6.07, 6.45) is 2.13. The number of halogens is 1. The number of carbonyl (C=O) groups excluding carboxylic acids is 1. The molecule has 1 heterocycles. The van der Waals surface area contributed by atoms with Crippen molar-refractivity contribution in [3.63, 3.8) is 0 Å². The van der Waals surface area contributed by atoms with E-state index < -0.39 is 22.0 Å². The molecule has 3 N–H and O–H groups in total. The zero-order valence-corrected chi connectivity index (χ0v) is 18.3. The van der Waals surface area contributed by atoms with Crippen molar-refractivity contribution in [2.75, 3.05) is 50.1 Å². The first kappa shape index (κ1) is 24.6. The van der Waals surface area contributed by atoms with Crippen molar-refractivity contribution in [2.24, 2.45) is 5.73 Å². The Balaban J connectivity index is 0.00000392. The molecule has 1 saturated heterocycles. The van der Waals surface area contributed by atoms with Crippen molar-refractivity contribution in [1.82, 2.24) is 4.31 Å². The first-order valence-electron chi connectivity index (χ1n) is 9.29. The number of hydrogen-bond donors (Lipinski definition) is 2. The van der Waals surface area contributed by atoms with Gasteiger partial charge in [0, 0.05) is 33.3 Å². The molecule has 1 aliphatic rings. The van der Waals surface area contributed by atoms with Crippen LogP contribution in [0.25, 0.3) is 0 Å². The topological polar surface area (TPSA) is 105 Å². The Kier molecular flexibility index (Phi) is 9.65.